The Labute approximate surface area is 157 Å². The number of ketones is 1. The van der Waals surface area contributed by atoms with Gasteiger partial charge in [0, 0.05) is 25.2 Å². The number of hydrogen-bond acceptors (Lipinski definition) is 4. The van der Waals surface area contributed by atoms with Crippen LogP contribution in [0.5, 0.6) is 0 Å². The lowest BCUT2D eigenvalue weighted by Gasteiger charge is -2.12. The third kappa shape index (κ3) is 3.45. The molecule has 1 saturated carbocycles. The molecule has 2 aliphatic rings. The Bertz CT molecular complexity index is 925. The summed E-state index contributed by atoms with van der Waals surface area (Å²) in [5.41, 5.74) is 0.996. The third-order valence-electron chi connectivity index (χ3n) is 5.77. The maximum absolute atomic E-state index is 12.8. The molecule has 1 aliphatic carbocycles. The van der Waals surface area contributed by atoms with Crippen LogP contribution in [0.1, 0.15) is 32.7 Å². The van der Waals surface area contributed by atoms with Gasteiger partial charge in [0.15, 0.2) is 5.78 Å². The number of piperidine rings is 1. The van der Waals surface area contributed by atoms with Gasteiger partial charge in [-0.1, -0.05) is 30.3 Å². The van der Waals surface area contributed by atoms with E-state index in [1.165, 1.54) is 17.7 Å². The second-order valence-corrected chi connectivity index (χ2v) is 7.42. The molecule has 2 aromatic rings. The molecule has 0 bridgehead atoms. The van der Waals surface area contributed by atoms with E-state index in [-0.39, 0.29) is 16.9 Å². The topological polar surface area (TPSA) is 80.2 Å². The van der Waals surface area contributed by atoms with Crippen molar-refractivity contribution in [3.05, 3.63) is 69.6 Å². The number of nitrogens with one attached hydrogen (secondary N) is 2. The smallest absolute Gasteiger partial charge is 0.263 e. The lowest BCUT2D eigenvalue weighted by Crippen LogP contribution is -2.32. The lowest BCUT2D eigenvalue weighted by atomic mass is 10.0. The van der Waals surface area contributed by atoms with Gasteiger partial charge in [-0.15, -0.1) is 0 Å². The van der Waals surface area contributed by atoms with E-state index in [0.29, 0.717) is 36.3 Å². The van der Waals surface area contributed by atoms with Gasteiger partial charge in [-0.3, -0.25) is 14.4 Å². The Hall–Kier alpha value is -2.73. The summed E-state index contributed by atoms with van der Waals surface area (Å²) in [7, 11) is 1.48. The third-order valence-corrected chi connectivity index (χ3v) is 5.77. The van der Waals surface area contributed by atoms with E-state index in [1.54, 1.807) is 6.20 Å². The van der Waals surface area contributed by atoms with E-state index >= 15 is 0 Å². The highest BCUT2D eigenvalue weighted by Gasteiger charge is 2.53. The van der Waals surface area contributed by atoms with Gasteiger partial charge in [-0.05, 0) is 42.5 Å². The first-order valence-electron chi connectivity index (χ1n) is 9.33. The molecule has 1 aromatic heterocycles. The molecule has 2 N–H and O–H groups in total. The van der Waals surface area contributed by atoms with Crippen LogP contribution < -0.4 is 16.2 Å². The molecule has 1 aliphatic heterocycles. The maximum Gasteiger partial charge on any atom is 0.263 e. The molecule has 2 fully saturated rings. The van der Waals surface area contributed by atoms with Gasteiger partial charge in [0.1, 0.15) is 5.56 Å². The van der Waals surface area contributed by atoms with Crippen molar-refractivity contribution in [2.24, 2.45) is 17.8 Å². The number of carbonyl (C=O) groups is 2. The summed E-state index contributed by atoms with van der Waals surface area (Å²) in [6.45, 7) is 2.29. The second kappa shape index (κ2) is 7.12. The summed E-state index contributed by atoms with van der Waals surface area (Å²) in [6.07, 6.45) is 2.08. The van der Waals surface area contributed by atoms with Crippen molar-refractivity contribution >= 4 is 11.7 Å². The van der Waals surface area contributed by atoms with Gasteiger partial charge in [0.25, 0.3) is 11.5 Å². The summed E-state index contributed by atoms with van der Waals surface area (Å²) in [6, 6.07) is 11.0. The number of aromatic nitrogens is 1. The van der Waals surface area contributed by atoms with Gasteiger partial charge in [-0.25, -0.2) is 0 Å². The van der Waals surface area contributed by atoms with Crippen molar-refractivity contribution in [3.8, 4) is 0 Å². The minimum Gasteiger partial charge on any atom is -0.355 e. The van der Waals surface area contributed by atoms with Crippen LogP contribution >= 0.6 is 0 Å². The van der Waals surface area contributed by atoms with Crippen molar-refractivity contribution in [2.45, 2.75) is 13.0 Å². The number of nitrogens with zero attached hydrogens (tertiary/aromatic N) is 1. The zero-order valence-corrected chi connectivity index (χ0v) is 15.3. The van der Waals surface area contributed by atoms with Crippen LogP contribution in [0.15, 0.2) is 47.4 Å². The molecule has 3 atom stereocenters. The molecule has 1 amide bonds. The molecular weight excluding hydrogens is 342 g/mol. The average molecular weight is 365 g/mol. The van der Waals surface area contributed by atoms with E-state index in [2.05, 4.69) is 10.6 Å². The number of Topliss-reactive ketones (excluding diaryl/α,β-unsaturated/α-hetero) is 1. The minimum atomic E-state index is -0.469. The number of benzene rings is 1. The number of hydrogen-bond donors (Lipinski definition) is 2. The minimum absolute atomic E-state index is 0.00126. The Morgan fingerprint density at radius 3 is 2.56 bits per heavy atom. The highest BCUT2D eigenvalue weighted by Crippen LogP contribution is 2.51. The van der Waals surface area contributed by atoms with Crippen LogP contribution in [0.4, 0.5) is 0 Å². The standard InChI is InChI=1S/C21H23N3O3/c1-22-20(26)16-7-14(19(25)8-15-17-9-23-10-18(15)17)12-24(21(16)27)11-13-5-3-2-4-6-13/h2-7,12,15,17-18,23H,8-11H2,1H3,(H,22,26)/t15?,17-,18+. The molecule has 2 heterocycles. The highest BCUT2D eigenvalue weighted by molar-refractivity contribution is 6.00. The normalized spacial score (nSPS) is 22.9. The van der Waals surface area contributed by atoms with Crippen molar-refractivity contribution in [1.29, 1.82) is 0 Å². The summed E-state index contributed by atoms with van der Waals surface area (Å²) in [5, 5.41) is 5.82. The van der Waals surface area contributed by atoms with Gasteiger partial charge in [0.05, 0.1) is 6.54 Å². The average Bonchev–Trinajstić information content (AvgIpc) is 3.10. The molecule has 1 aromatic carbocycles. The zero-order valence-electron chi connectivity index (χ0n) is 15.3. The predicted octanol–water partition coefficient (Wildman–Crippen LogP) is 1.29. The van der Waals surface area contributed by atoms with E-state index in [9.17, 15) is 14.4 Å². The van der Waals surface area contributed by atoms with E-state index in [4.69, 9.17) is 0 Å². The van der Waals surface area contributed by atoms with E-state index < -0.39 is 5.91 Å². The zero-order chi connectivity index (χ0) is 19.0. The van der Waals surface area contributed by atoms with Crippen molar-refractivity contribution < 1.29 is 9.59 Å². The lowest BCUT2D eigenvalue weighted by molar-refractivity contribution is 0.0961. The fraction of sp³-hybridized carbons (Fsp3) is 0.381. The van der Waals surface area contributed by atoms with Crippen molar-refractivity contribution in [1.82, 2.24) is 15.2 Å². The second-order valence-electron chi connectivity index (χ2n) is 7.42. The van der Waals surface area contributed by atoms with Crippen LogP contribution in [-0.4, -0.2) is 36.4 Å². The largest absolute Gasteiger partial charge is 0.355 e. The van der Waals surface area contributed by atoms with Crippen molar-refractivity contribution in [3.63, 3.8) is 0 Å². The van der Waals surface area contributed by atoms with Crippen molar-refractivity contribution in [2.75, 3.05) is 20.1 Å². The van der Waals surface area contributed by atoms with Crippen LogP contribution in [0.3, 0.4) is 0 Å². The number of carbonyl (C=O) groups excluding carboxylic acids is 2. The molecular formula is C21H23N3O3. The molecule has 6 nitrogen and oxygen atoms in total. The predicted molar refractivity (Wildman–Crippen MR) is 102 cm³/mol. The Kier molecular flexibility index (Phi) is 4.66. The van der Waals surface area contributed by atoms with Crippen LogP contribution in [0.2, 0.25) is 0 Å². The number of rotatable bonds is 6. The first-order chi connectivity index (χ1) is 13.1. The molecule has 27 heavy (non-hydrogen) atoms. The SMILES string of the molecule is CNC(=O)c1cc(C(=O)CC2[C@H]3CNC[C@@H]23)cn(Cc2ccccc2)c1=O. The molecule has 140 valence electrons. The number of fused-ring (bicyclic) bond motifs is 1. The molecule has 6 heteroatoms. The summed E-state index contributed by atoms with van der Waals surface area (Å²) >= 11 is 0. The Balaban J connectivity index is 1.64. The fourth-order valence-electron chi connectivity index (χ4n) is 4.16. The van der Waals surface area contributed by atoms with E-state index in [1.807, 2.05) is 30.3 Å². The highest BCUT2D eigenvalue weighted by atomic mass is 16.2. The van der Waals surface area contributed by atoms with E-state index in [0.717, 1.165) is 18.7 Å². The Morgan fingerprint density at radius 2 is 1.89 bits per heavy atom. The monoisotopic (exact) mass is 365 g/mol. The molecule has 1 unspecified atom stereocenters. The van der Waals surface area contributed by atoms with Gasteiger partial charge in [-0.2, -0.15) is 0 Å². The van der Waals surface area contributed by atoms with Gasteiger partial charge >= 0.3 is 0 Å². The summed E-state index contributed by atoms with van der Waals surface area (Å²) in [5.74, 6) is 1.16. The Morgan fingerprint density at radius 1 is 1.19 bits per heavy atom. The van der Waals surface area contributed by atoms with Crippen LogP contribution in [0.25, 0.3) is 0 Å². The van der Waals surface area contributed by atoms with Crippen LogP contribution in [0, 0.1) is 17.8 Å². The maximum atomic E-state index is 12.8. The fourth-order valence-corrected chi connectivity index (χ4v) is 4.16. The number of pyridine rings is 1. The molecule has 4 rings (SSSR count). The molecule has 1 saturated heterocycles. The first-order valence-corrected chi connectivity index (χ1v) is 9.33. The summed E-state index contributed by atoms with van der Waals surface area (Å²) in [4.78, 5) is 37.7. The number of amides is 1. The summed E-state index contributed by atoms with van der Waals surface area (Å²) < 4.78 is 1.46. The quantitative estimate of drug-likeness (QED) is 0.756. The molecule has 0 spiro atoms. The van der Waals surface area contributed by atoms with Gasteiger partial charge in [0.2, 0.25) is 0 Å². The van der Waals surface area contributed by atoms with Crippen LogP contribution in [-0.2, 0) is 6.54 Å². The van der Waals surface area contributed by atoms with Gasteiger partial charge < -0.3 is 15.2 Å². The molecule has 0 radical (unpaired) electrons. The first kappa shape index (κ1) is 17.7.